The van der Waals surface area contributed by atoms with Gasteiger partial charge in [-0.3, -0.25) is 9.36 Å². The first kappa shape index (κ1) is 17.7. The van der Waals surface area contributed by atoms with Gasteiger partial charge >= 0.3 is 11.9 Å². The lowest BCUT2D eigenvalue weighted by atomic mass is 10.0. The van der Waals surface area contributed by atoms with Crippen LogP contribution in [0.5, 0.6) is 0 Å². The second kappa shape index (κ2) is 6.66. The second-order valence-corrected chi connectivity index (χ2v) is 6.73. The number of benzene rings is 1. The van der Waals surface area contributed by atoms with E-state index in [1.165, 1.54) is 21.9 Å². The van der Waals surface area contributed by atoms with Crippen LogP contribution in [0, 0.1) is 0 Å². The summed E-state index contributed by atoms with van der Waals surface area (Å²) in [6.07, 6.45) is -2.04. The minimum Gasteiger partial charge on any atom is -0.338 e. The number of carbonyl (C=O) groups excluding carboxylic acids is 1. The van der Waals surface area contributed by atoms with Crippen LogP contribution >= 0.6 is 15.9 Å². The minimum absolute atomic E-state index is 0.0133. The lowest BCUT2D eigenvalue weighted by Gasteiger charge is -2.32. The van der Waals surface area contributed by atoms with Crippen LogP contribution in [0.25, 0.3) is 0 Å². The number of hydrogen-bond acceptors (Lipinski definition) is 3. The van der Waals surface area contributed by atoms with Crippen LogP contribution in [-0.2, 0) is 6.18 Å². The van der Waals surface area contributed by atoms with Crippen molar-refractivity contribution in [1.29, 1.82) is 0 Å². The summed E-state index contributed by atoms with van der Waals surface area (Å²) in [4.78, 5) is 25.6. The number of aromatic nitrogens is 3. The van der Waals surface area contributed by atoms with E-state index in [1.54, 1.807) is 0 Å². The smallest absolute Gasteiger partial charge is 0.338 e. The van der Waals surface area contributed by atoms with Gasteiger partial charge in [-0.25, -0.2) is 9.89 Å². The van der Waals surface area contributed by atoms with Crippen molar-refractivity contribution in [3.8, 4) is 0 Å². The molecule has 1 saturated heterocycles. The van der Waals surface area contributed by atoms with Crippen LogP contribution in [0.15, 0.2) is 33.8 Å². The molecule has 1 fully saturated rings. The molecule has 3 rings (SSSR count). The monoisotopic (exact) mass is 418 g/mol. The van der Waals surface area contributed by atoms with Crippen molar-refractivity contribution in [2.45, 2.75) is 25.1 Å². The molecule has 6 nitrogen and oxygen atoms in total. The highest BCUT2D eigenvalue weighted by molar-refractivity contribution is 9.10. The van der Waals surface area contributed by atoms with Crippen LogP contribution in [0.2, 0.25) is 0 Å². The molecule has 2 aromatic rings. The third kappa shape index (κ3) is 3.78. The molecular weight excluding hydrogens is 405 g/mol. The fourth-order valence-corrected chi connectivity index (χ4v) is 3.42. The number of carbonyl (C=O) groups is 1. The zero-order chi connectivity index (χ0) is 18.2. The van der Waals surface area contributed by atoms with Gasteiger partial charge in [0, 0.05) is 29.2 Å². The van der Waals surface area contributed by atoms with Crippen LogP contribution in [0.3, 0.4) is 0 Å². The first-order chi connectivity index (χ1) is 11.8. The predicted molar refractivity (Wildman–Crippen MR) is 86.2 cm³/mol. The van der Waals surface area contributed by atoms with E-state index in [9.17, 15) is 22.8 Å². The number of aromatic amines is 1. The highest BCUT2D eigenvalue weighted by atomic mass is 79.9. The summed E-state index contributed by atoms with van der Waals surface area (Å²) >= 11 is 3.02. The van der Waals surface area contributed by atoms with E-state index < -0.39 is 17.6 Å². The van der Waals surface area contributed by atoms with Crippen LogP contribution < -0.4 is 5.69 Å². The Balaban J connectivity index is 1.74. The number of hydrogen-bond donors (Lipinski definition) is 1. The van der Waals surface area contributed by atoms with Crippen LogP contribution in [0.4, 0.5) is 13.2 Å². The third-order valence-electron chi connectivity index (χ3n) is 4.19. The van der Waals surface area contributed by atoms with Crippen LogP contribution in [0.1, 0.15) is 34.8 Å². The van der Waals surface area contributed by atoms with E-state index in [2.05, 4.69) is 26.1 Å². The molecule has 2 heterocycles. The van der Waals surface area contributed by atoms with Gasteiger partial charge in [-0.05, 0) is 31.0 Å². The molecule has 0 radical (unpaired) electrons. The van der Waals surface area contributed by atoms with Crippen molar-refractivity contribution in [1.82, 2.24) is 19.7 Å². The van der Waals surface area contributed by atoms with Gasteiger partial charge in [-0.1, -0.05) is 15.9 Å². The maximum atomic E-state index is 12.9. The Bertz CT molecular complexity index is 838. The molecule has 1 aromatic heterocycles. The summed E-state index contributed by atoms with van der Waals surface area (Å²) in [6.45, 7) is 0.712. The summed E-state index contributed by atoms with van der Waals surface area (Å²) in [7, 11) is 0. The zero-order valence-electron chi connectivity index (χ0n) is 12.9. The quantitative estimate of drug-likeness (QED) is 0.814. The molecule has 0 aliphatic carbocycles. The van der Waals surface area contributed by atoms with Gasteiger partial charge in [0.2, 0.25) is 0 Å². The summed E-state index contributed by atoms with van der Waals surface area (Å²) in [5, 5.41) is 5.99. The molecule has 1 N–H and O–H groups in total. The number of amides is 1. The second-order valence-electron chi connectivity index (χ2n) is 5.82. The molecule has 1 amide bonds. The molecule has 1 aliphatic rings. The number of nitrogens with zero attached hydrogens (tertiary/aromatic N) is 3. The van der Waals surface area contributed by atoms with Gasteiger partial charge in [0.15, 0.2) is 0 Å². The van der Waals surface area contributed by atoms with Gasteiger partial charge in [0.05, 0.1) is 5.56 Å². The van der Waals surface area contributed by atoms with E-state index in [4.69, 9.17) is 0 Å². The van der Waals surface area contributed by atoms with Crippen molar-refractivity contribution in [2.24, 2.45) is 0 Å². The van der Waals surface area contributed by atoms with Crippen molar-refractivity contribution in [2.75, 3.05) is 13.1 Å². The Labute approximate surface area is 148 Å². The summed E-state index contributed by atoms with van der Waals surface area (Å²) < 4.78 is 40.4. The average Bonchev–Trinajstić information content (AvgIpc) is 2.99. The molecule has 1 aromatic carbocycles. The number of H-pyrrole nitrogens is 1. The number of likely N-dealkylation sites (tertiary alicyclic amines) is 1. The fraction of sp³-hybridized carbons (Fsp3) is 0.400. The van der Waals surface area contributed by atoms with E-state index in [0.717, 1.165) is 12.1 Å². The van der Waals surface area contributed by atoms with Crippen molar-refractivity contribution in [3.63, 3.8) is 0 Å². The Morgan fingerprint density at radius 2 is 1.92 bits per heavy atom. The van der Waals surface area contributed by atoms with Crippen LogP contribution in [-0.4, -0.2) is 38.7 Å². The van der Waals surface area contributed by atoms with Gasteiger partial charge in [-0.2, -0.15) is 18.3 Å². The lowest BCUT2D eigenvalue weighted by molar-refractivity contribution is -0.137. The fourth-order valence-electron chi connectivity index (χ4n) is 2.92. The van der Waals surface area contributed by atoms with Gasteiger partial charge < -0.3 is 4.90 Å². The molecule has 0 atom stereocenters. The van der Waals surface area contributed by atoms with E-state index in [0.29, 0.717) is 25.9 Å². The first-order valence-electron chi connectivity index (χ1n) is 7.54. The molecular formula is C15H14BrF3N4O2. The highest BCUT2D eigenvalue weighted by Crippen LogP contribution is 2.32. The van der Waals surface area contributed by atoms with Crippen molar-refractivity contribution >= 4 is 21.8 Å². The molecule has 134 valence electrons. The summed E-state index contributed by atoms with van der Waals surface area (Å²) in [5.74, 6) is -0.454. The molecule has 0 unspecified atom stereocenters. The maximum absolute atomic E-state index is 12.9. The van der Waals surface area contributed by atoms with Crippen molar-refractivity contribution < 1.29 is 18.0 Å². The number of rotatable bonds is 2. The van der Waals surface area contributed by atoms with Crippen molar-refractivity contribution in [3.05, 3.63) is 50.6 Å². The topological polar surface area (TPSA) is 71.0 Å². The van der Waals surface area contributed by atoms with E-state index in [-0.39, 0.29) is 21.8 Å². The van der Waals surface area contributed by atoms with Gasteiger partial charge in [0.1, 0.15) is 6.33 Å². The zero-order valence-corrected chi connectivity index (χ0v) is 14.5. The largest absolute Gasteiger partial charge is 0.416 e. The van der Waals surface area contributed by atoms with Gasteiger partial charge in [0.25, 0.3) is 5.91 Å². The SMILES string of the molecule is O=C(c1cc(Br)cc(C(F)(F)F)c1)N1CCC(n2cn[nH]c2=O)CC1. The Hall–Kier alpha value is -2.10. The molecule has 1 aliphatic heterocycles. The number of halogens is 4. The van der Waals surface area contributed by atoms with E-state index >= 15 is 0 Å². The van der Waals surface area contributed by atoms with Gasteiger partial charge in [-0.15, -0.1) is 0 Å². The molecule has 0 spiro atoms. The number of piperidine rings is 1. The number of alkyl halides is 3. The summed E-state index contributed by atoms with van der Waals surface area (Å²) in [6, 6.07) is 3.10. The Morgan fingerprint density at radius 3 is 2.48 bits per heavy atom. The average molecular weight is 419 g/mol. The normalized spacial score (nSPS) is 16.2. The standard InChI is InChI=1S/C15H14BrF3N4O2/c16-11-6-9(5-10(7-11)15(17,18)19)13(24)22-3-1-12(2-4-22)23-8-20-21-14(23)25/h5-8,12H,1-4H2,(H,21,25). The lowest BCUT2D eigenvalue weighted by Crippen LogP contribution is -2.40. The third-order valence-corrected chi connectivity index (χ3v) is 4.65. The predicted octanol–water partition coefficient (Wildman–Crippen LogP) is 2.83. The van der Waals surface area contributed by atoms with E-state index in [1.807, 2.05) is 0 Å². The molecule has 10 heteroatoms. The molecule has 0 bridgehead atoms. The highest BCUT2D eigenvalue weighted by Gasteiger charge is 2.32. The Kier molecular flexibility index (Phi) is 4.72. The summed E-state index contributed by atoms with van der Waals surface area (Å²) in [5.41, 5.74) is -1.20. The Morgan fingerprint density at radius 1 is 1.24 bits per heavy atom. The molecule has 0 saturated carbocycles. The minimum atomic E-state index is -4.52. The molecule has 25 heavy (non-hydrogen) atoms. The maximum Gasteiger partial charge on any atom is 0.416 e. The number of nitrogens with one attached hydrogen (secondary N) is 1. The first-order valence-corrected chi connectivity index (χ1v) is 8.33.